The van der Waals surface area contributed by atoms with E-state index in [0.717, 1.165) is 24.8 Å². The lowest BCUT2D eigenvalue weighted by Crippen LogP contribution is -2.84. The van der Waals surface area contributed by atoms with Gasteiger partial charge in [0.2, 0.25) is 5.79 Å². The summed E-state index contributed by atoms with van der Waals surface area (Å²) in [7, 11) is 0. The molecule has 6 fully saturated rings. The molecule has 0 aromatic rings. The third-order valence-corrected chi connectivity index (χ3v) is 9.59. The van der Waals surface area contributed by atoms with Crippen LogP contribution in [0.1, 0.15) is 59.8 Å². The van der Waals surface area contributed by atoms with Gasteiger partial charge in [-0.05, 0) is 54.9 Å². The predicted octanol–water partition coefficient (Wildman–Crippen LogP) is 2.34. The van der Waals surface area contributed by atoms with Crippen molar-refractivity contribution in [2.24, 2.45) is 34.0 Å². The van der Waals surface area contributed by atoms with Crippen LogP contribution in [0.15, 0.2) is 12.2 Å². The summed E-state index contributed by atoms with van der Waals surface area (Å²) in [4.78, 5) is 24.3. The first kappa shape index (κ1) is 21.4. The minimum absolute atomic E-state index is 0.0924. The molecular formula is C24H34O7. The van der Waals surface area contributed by atoms with E-state index in [2.05, 4.69) is 20.4 Å². The molecule has 6 aliphatic rings. The highest BCUT2D eigenvalue weighted by atomic mass is 16.7. The number of ether oxygens (including phenoxy) is 3. The zero-order chi connectivity index (χ0) is 22.6. The van der Waals surface area contributed by atoms with Crippen molar-refractivity contribution < 1.29 is 34.0 Å². The Kier molecular flexibility index (Phi) is 4.37. The number of rotatable bonds is 2. The Hall–Kier alpha value is -1.44. The molecule has 4 aliphatic carbocycles. The molecule has 7 nitrogen and oxygen atoms in total. The van der Waals surface area contributed by atoms with E-state index in [-0.39, 0.29) is 35.7 Å². The Labute approximate surface area is 183 Å². The zero-order valence-electron chi connectivity index (χ0n) is 18.8. The van der Waals surface area contributed by atoms with Gasteiger partial charge in [0, 0.05) is 25.2 Å². The Morgan fingerprint density at radius 2 is 1.81 bits per heavy atom. The molecule has 2 aliphatic heterocycles. The molecule has 0 amide bonds. The molecule has 2 saturated heterocycles. The van der Waals surface area contributed by atoms with Gasteiger partial charge in [0.15, 0.2) is 6.10 Å². The van der Waals surface area contributed by atoms with Crippen LogP contribution in [0.5, 0.6) is 0 Å². The topological polar surface area (TPSA) is 102 Å². The fourth-order valence-electron chi connectivity index (χ4n) is 8.70. The van der Waals surface area contributed by atoms with E-state index in [9.17, 15) is 19.8 Å². The molecule has 2 spiro atoms. The third-order valence-electron chi connectivity index (χ3n) is 9.59. The minimum Gasteiger partial charge on any atom is -0.462 e. The molecule has 0 unspecified atom stereocenters. The summed E-state index contributed by atoms with van der Waals surface area (Å²) in [6.45, 7) is 11.4. The van der Waals surface area contributed by atoms with Gasteiger partial charge in [-0.3, -0.25) is 9.59 Å². The van der Waals surface area contributed by atoms with E-state index in [1.165, 1.54) is 13.8 Å². The van der Waals surface area contributed by atoms with Crippen LogP contribution in [-0.2, 0) is 23.8 Å². The number of aliphatic hydroxyl groups excluding tert-OH is 1. The summed E-state index contributed by atoms with van der Waals surface area (Å²) < 4.78 is 18.0. The van der Waals surface area contributed by atoms with Gasteiger partial charge in [-0.25, -0.2) is 0 Å². The maximum absolute atomic E-state index is 12.2. The molecule has 31 heavy (non-hydrogen) atoms. The van der Waals surface area contributed by atoms with E-state index in [1.807, 2.05) is 0 Å². The number of esters is 2. The predicted molar refractivity (Wildman–Crippen MR) is 109 cm³/mol. The maximum atomic E-state index is 12.2. The SMILES string of the molecule is C=C1[C@@H]2CC[C@H]3[C@@]45CO[C@](O)([C@@H](OC(C)=O)[C@@H]4C(C)(C)CC[C@@H]5OC(C)=O)[C@]3(C2)[C@@H]1O. The normalized spacial score (nSPS) is 51.6. The van der Waals surface area contributed by atoms with Gasteiger partial charge in [0.05, 0.1) is 18.1 Å². The average Bonchev–Trinajstić information content (AvgIpc) is 2.86. The number of aliphatic hydroxyl groups is 2. The highest BCUT2D eigenvalue weighted by Crippen LogP contribution is 2.78. The van der Waals surface area contributed by atoms with Crippen molar-refractivity contribution in [3.05, 3.63) is 12.2 Å². The van der Waals surface area contributed by atoms with Crippen molar-refractivity contribution in [1.82, 2.24) is 0 Å². The molecule has 2 N–H and O–H groups in total. The van der Waals surface area contributed by atoms with Gasteiger partial charge in [-0.2, -0.15) is 0 Å². The molecule has 0 aromatic heterocycles. The van der Waals surface area contributed by atoms with Crippen LogP contribution in [0.3, 0.4) is 0 Å². The first-order chi connectivity index (χ1) is 14.4. The lowest BCUT2D eigenvalue weighted by atomic mass is 9.36. The molecule has 0 aromatic carbocycles. The Morgan fingerprint density at radius 1 is 1.13 bits per heavy atom. The number of carbonyl (C=O) groups is 2. The summed E-state index contributed by atoms with van der Waals surface area (Å²) in [6, 6.07) is 0. The molecule has 7 heteroatoms. The van der Waals surface area contributed by atoms with Gasteiger partial charge < -0.3 is 24.4 Å². The van der Waals surface area contributed by atoms with Crippen LogP contribution in [0, 0.1) is 34.0 Å². The van der Waals surface area contributed by atoms with Crippen molar-refractivity contribution in [1.29, 1.82) is 0 Å². The van der Waals surface area contributed by atoms with Crippen molar-refractivity contribution >= 4 is 11.9 Å². The summed E-state index contributed by atoms with van der Waals surface area (Å²) in [5.41, 5.74) is -1.25. The van der Waals surface area contributed by atoms with E-state index in [0.29, 0.717) is 12.8 Å². The summed E-state index contributed by atoms with van der Waals surface area (Å²) in [5.74, 6) is -2.98. The molecular weight excluding hydrogens is 400 g/mol. The van der Waals surface area contributed by atoms with Crippen LogP contribution < -0.4 is 0 Å². The lowest BCUT2D eigenvalue weighted by Gasteiger charge is -2.75. The quantitative estimate of drug-likeness (QED) is 0.508. The fourth-order valence-corrected chi connectivity index (χ4v) is 8.70. The zero-order valence-corrected chi connectivity index (χ0v) is 18.8. The van der Waals surface area contributed by atoms with Crippen molar-refractivity contribution in [3.63, 3.8) is 0 Å². The summed E-state index contributed by atoms with van der Waals surface area (Å²) in [6.07, 6.45) is 1.28. The number of hydrogen-bond donors (Lipinski definition) is 2. The van der Waals surface area contributed by atoms with Crippen LogP contribution in [0.25, 0.3) is 0 Å². The van der Waals surface area contributed by atoms with Crippen molar-refractivity contribution in [2.45, 2.75) is 83.9 Å². The first-order valence-electron chi connectivity index (χ1n) is 11.5. The van der Waals surface area contributed by atoms with Gasteiger partial charge in [0.1, 0.15) is 6.10 Å². The fraction of sp³-hybridized carbons (Fsp3) is 0.833. The molecule has 2 heterocycles. The third kappa shape index (κ3) is 2.35. The Balaban J connectivity index is 1.77. The average molecular weight is 435 g/mol. The second-order valence-corrected chi connectivity index (χ2v) is 11.3. The monoisotopic (exact) mass is 434 g/mol. The van der Waals surface area contributed by atoms with Gasteiger partial charge in [0.25, 0.3) is 0 Å². The minimum atomic E-state index is -1.82. The molecule has 9 atom stereocenters. The van der Waals surface area contributed by atoms with Crippen LogP contribution in [0.2, 0.25) is 0 Å². The van der Waals surface area contributed by atoms with Gasteiger partial charge in [-0.1, -0.05) is 20.4 Å². The highest BCUT2D eigenvalue weighted by Gasteiger charge is 2.85. The molecule has 0 radical (unpaired) electrons. The second-order valence-electron chi connectivity index (χ2n) is 11.3. The highest BCUT2D eigenvalue weighted by molar-refractivity contribution is 5.67. The van der Waals surface area contributed by atoms with Crippen LogP contribution >= 0.6 is 0 Å². The maximum Gasteiger partial charge on any atom is 0.303 e. The smallest absolute Gasteiger partial charge is 0.303 e. The Bertz CT molecular complexity index is 851. The second kappa shape index (κ2) is 6.33. The number of fused-ring (bicyclic) bond motifs is 2. The summed E-state index contributed by atoms with van der Waals surface area (Å²) >= 11 is 0. The van der Waals surface area contributed by atoms with E-state index < -0.39 is 40.9 Å². The van der Waals surface area contributed by atoms with E-state index in [4.69, 9.17) is 14.2 Å². The standard InChI is InChI=1S/C24H34O7/c1-12-15-6-7-16-22-11-29-24(28,23(16,10-15)19(12)27)20(31-14(3)26)18(22)21(4,5)9-8-17(22)30-13(2)25/h15-20,27-28H,1,6-11H2,2-5H3/t15-,16+,17+,18-,19-,20+,22-,23+,24-/m1/s1. The molecule has 6 rings (SSSR count). The molecule has 4 bridgehead atoms. The number of hydrogen-bond acceptors (Lipinski definition) is 7. The molecule has 172 valence electrons. The van der Waals surface area contributed by atoms with Gasteiger partial charge in [-0.15, -0.1) is 0 Å². The van der Waals surface area contributed by atoms with Gasteiger partial charge >= 0.3 is 11.9 Å². The van der Waals surface area contributed by atoms with E-state index in [1.54, 1.807) is 0 Å². The van der Waals surface area contributed by atoms with Crippen molar-refractivity contribution in [3.8, 4) is 0 Å². The number of carbonyl (C=O) groups excluding carboxylic acids is 2. The lowest BCUT2D eigenvalue weighted by molar-refractivity contribution is -0.465. The van der Waals surface area contributed by atoms with Crippen molar-refractivity contribution in [2.75, 3.05) is 6.61 Å². The molecule has 4 saturated carbocycles. The van der Waals surface area contributed by atoms with Crippen LogP contribution in [0.4, 0.5) is 0 Å². The Morgan fingerprint density at radius 3 is 2.45 bits per heavy atom. The van der Waals surface area contributed by atoms with E-state index >= 15 is 0 Å². The largest absolute Gasteiger partial charge is 0.462 e. The summed E-state index contributed by atoms with van der Waals surface area (Å²) in [5, 5.41) is 23.7. The van der Waals surface area contributed by atoms with Crippen LogP contribution in [-0.4, -0.2) is 52.9 Å². The first-order valence-corrected chi connectivity index (χ1v) is 11.5.